The minimum Gasteiger partial charge on any atom is -0.494 e. The molecule has 7 heteroatoms. The molecule has 0 spiro atoms. The summed E-state index contributed by atoms with van der Waals surface area (Å²) in [6.07, 6.45) is 0. The maximum Gasteiger partial charge on any atom is 0.193 e. The molecule has 0 aliphatic rings. The molecule has 0 saturated heterocycles. The van der Waals surface area contributed by atoms with Gasteiger partial charge in [0.15, 0.2) is 5.96 Å². The van der Waals surface area contributed by atoms with Crippen LogP contribution in [0.4, 0.5) is 0 Å². The summed E-state index contributed by atoms with van der Waals surface area (Å²) >= 11 is 1.79. The first-order valence-corrected chi connectivity index (χ1v) is 9.76. The van der Waals surface area contributed by atoms with Gasteiger partial charge in [-0.25, -0.2) is 0 Å². The topological polar surface area (TPSA) is 40.1 Å². The molecule has 2 aromatic rings. The molecule has 1 heterocycles. The lowest BCUT2D eigenvalue weighted by atomic mass is 10.2. The SMILES string of the molecule is CCOc1ccc(CN(C)C(=NC)NCC(c2cccs2)N(C)C)cc1.I. The molecule has 0 aliphatic carbocycles. The fourth-order valence-corrected chi connectivity index (χ4v) is 3.72. The van der Waals surface area contributed by atoms with E-state index in [1.54, 1.807) is 11.3 Å². The summed E-state index contributed by atoms with van der Waals surface area (Å²) in [5.41, 5.74) is 1.22. The van der Waals surface area contributed by atoms with Gasteiger partial charge in [-0.1, -0.05) is 18.2 Å². The van der Waals surface area contributed by atoms with Crippen LogP contribution in [0.15, 0.2) is 46.8 Å². The number of rotatable bonds is 8. The molecule has 0 radical (unpaired) electrons. The predicted molar refractivity (Wildman–Crippen MR) is 127 cm³/mol. The monoisotopic (exact) mass is 502 g/mol. The third-order valence-electron chi connectivity index (χ3n) is 4.18. The molecular weight excluding hydrogens is 471 g/mol. The minimum absolute atomic E-state index is 0. The number of ether oxygens (including phenoxy) is 1. The first-order valence-electron chi connectivity index (χ1n) is 8.88. The number of halogens is 1. The average molecular weight is 502 g/mol. The Morgan fingerprint density at radius 1 is 1.19 bits per heavy atom. The Balaban J connectivity index is 0.00000364. The maximum absolute atomic E-state index is 5.50. The highest BCUT2D eigenvalue weighted by molar-refractivity contribution is 14.0. The second-order valence-electron chi connectivity index (χ2n) is 6.36. The Hall–Kier alpha value is -1.32. The van der Waals surface area contributed by atoms with E-state index in [0.717, 1.165) is 24.8 Å². The molecule has 1 unspecified atom stereocenters. The summed E-state index contributed by atoms with van der Waals surface area (Å²) in [6, 6.07) is 12.8. The van der Waals surface area contributed by atoms with Crippen LogP contribution in [0.5, 0.6) is 5.75 Å². The summed E-state index contributed by atoms with van der Waals surface area (Å²) in [7, 11) is 8.10. The van der Waals surface area contributed by atoms with Gasteiger partial charge in [-0.15, -0.1) is 35.3 Å². The molecule has 1 N–H and O–H groups in total. The van der Waals surface area contributed by atoms with Crippen molar-refractivity contribution in [1.82, 2.24) is 15.1 Å². The average Bonchev–Trinajstić information content (AvgIpc) is 3.14. The van der Waals surface area contributed by atoms with Crippen LogP contribution in [0.3, 0.4) is 0 Å². The fourth-order valence-electron chi connectivity index (χ4n) is 2.80. The van der Waals surface area contributed by atoms with Crippen LogP contribution in [-0.2, 0) is 6.54 Å². The zero-order valence-corrected chi connectivity index (χ0v) is 20.0. The summed E-state index contributed by atoms with van der Waals surface area (Å²) < 4.78 is 5.50. The number of thiophene rings is 1. The highest BCUT2D eigenvalue weighted by Gasteiger charge is 2.16. The number of hydrogen-bond donors (Lipinski definition) is 1. The first-order chi connectivity index (χ1) is 12.5. The number of nitrogens with zero attached hydrogens (tertiary/aromatic N) is 3. The number of nitrogens with one attached hydrogen (secondary N) is 1. The molecule has 0 saturated carbocycles. The lowest BCUT2D eigenvalue weighted by molar-refractivity contribution is 0.299. The van der Waals surface area contributed by atoms with Crippen LogP contribution < -0.4 is 10.1 Å². The molecule has 1 aromatic carbocycles. The highest BCUT2D eigenvalue weighted by Crippen LogP contribution is 2.22. The fraction of sp³-hybridized carbons (Fsp3) is 0.450. The van der Waals surface area contributed by atoms with Crippen LogP contribution in [0.1, 0.15) is 23.4 Å². The number of benzene rings is 1. The van der Waals surface area contributed by atoms with Gasteiger partial charge >= 0.3 is 0 Å². The minimum atomic E-state index is 0. The van der Waals surface area contributed by atoms with Crippen molar-refractivity contribution in [2.24, 2.45) is 4.99 Å². The van der Waals surface area contributed by atoms with E-state index in [9.17, 15) is 0 Å². The van der Waals surface area contributed by atoms with Crippen molar-refractivity contribution in [2.75, 3.05) is 41.3 Å². The molecular formula is C20H31IN4OS. The van der Waals surface area contributed by atoms with Gasteiger partial charge in [-0.2, -0.15) is 0 Å². The molecule has 5 nitrogen and oxygen atoms in total. The Bertz CT molecular complexity index is 674. The summed E-state index contributed by atoms with van der Waals surface area (Å²) in [5, 5.41) is 5.63. The summed E-state index contributed by atoms with van der Waals surface area (Å²) in [4.78, 5) is 10.2. The van der Waals surface area contributed by atoms with Gasteiger partial charge in [0.05, 0.1) is 12.6 Å². The van der Waals surface area contributed by atoms with Crippen molar-refractivity contribution in [3.8, 4) is 5.75 Å². The van der Waals surface area contributed by atoms with Crippen LogP contribution >= 0.6 is 35.3 Å². The van der Waals surface area contributed by atoms with Crippen molar-refractivity contribution in [2.45, 2.75) is 19.5 Å². The van der Waals surface area contributed by atoms with Crippen molar-refractivity contribution in [1.29, 1.82) is 0 Å². The van der Waals surface area contributed by atoms with Gasteiger partial charge in [0.25, 0.3) is 0 Å². The normalized spacial score (nSPS) is 12.4. The molecule has 1 atom stereocenters. The van der Waals surface area contributed by atoms with Gasteiger partial charge in [-0.05, 0) is 50.2 Å². The van der Waals surface area contributed by atoms with Crippen LogP contribution in [0.25, 0.3) is 0 Å². The van der Waals surface area contributed by atoms with Crippen LogP contribution in [-0.4, -0.2) is 57.1 Å². The van der Waals surface area contributed by atoms with Gasteiger partial charge < -0.3 is 19.9 Å². The molecule has 0 amide bonds. The van der Waals surface area contributed by atoms with Crippen molar-refractivity contribution < 1.29 is 4.74 Å². The Morgan fingerprint density at radius 3 is 2.41 bits per heavy atom. The summed E-state index contributed by atoms with van der Waals surface area (Å²) in [6.45, 7) is 4.28. The summed E-state index contributed by atoms with van der Waals surface area (Å²) in [5.74, 6) is 1.80. The molecule has 2 rings (SSSR count). The van der Waals surface area contributed by atoms with E-state index in [2.05, 4.69) is 70.9 Å². The van der Waals surface area contributed by atoms with E-state index < -0.39 is 0 Å². The van der Waals surface area contributed by atoms with E-state index in [4.69, 9.17) is 4.74 Å². The number of hydrogen-bond acceptors (Lipinski definition) is 4. The molecule has 0 aliphatic heterocycles. The molecule has 27 heavy (non-hydrogen) atoms. The van der Waals surface area contributed by atoms with E-state index in [1.807, 2.05) is 26.1 Å². The maximum atomic E-state index is 5.50. The lowest BCUT2D eigenvalue weighted by Crippen LogP contribution is -2.42. The van der Waals surface area contributed by atoms with Gasteiger partial charge in [0.2, 0.25) is 0 Å². The van der Waals surface area contributed by atoms with Gasteiger partial charge in [0.1, 0.15) is 5.75 Å². The lowest BCUT2D eigenvalue weighted by Gasteiger charge is -2.27. The van der Waals surface area contributed by atoms with Gasteiger partial charge in [0, 0.05) is 32.1 Å². The van der Waals surface area contributed by atoms with E-state index in [0.29, 0.717) is 12.6 Å². The van der Waals surface area contributed by atoms with E-state index >= 15 is 0 Å². The quantitative estimate of drug-likeness (QED) is 0.336. The molecule has 0 bridgehead atoms. The van der Waals surface area contributed by atoms with Crippen molar-refractivity contribution in [3.63, 3.8) is 0 Å². The largest absolute Gasteiger partial charge is 0.494 e. The zero-order chi connectivity index (χ0) is 18.9. The van der Waals surface area contributed by atoms with Crippen LogP contribution in [0, 0.1) is 0 Å². The third-order valence-corrected chi connectivity index (χ3v) is 5.15. The second-order valence-corrected chi connectivity index (χ2v) is 7.34. The number of guanidine groups is 1. The number of aliphatic imine (C=N–C) groups is 1. The van der Waals surface area contributed by atoms with Crippen LogP contribution in [0.2, 0.25) is 0 Å². The zero-order valence-electron chi connectivity index (χ0n) is 16.8. The standard InChI is InChI=1S/C20H30N4OS.HI/c1-6-25-17-11-9-16(10-12-17)15-24(5)20(21-2)22-14-18(23(3)4)19-8-7-13-26-19;/h7-13,18H,6,14-15H2,1-5H3,(H,21,22);1H. The third kappa shape index (κ3) is 7.31. The predicted octanol–water partition coefficient (Wildman–Crippen LogP) is 4.07. The Kier molecular flexibility index (Phi) is 10.7. The smallest absolute Gasteiger partial charge is 0.193 e. The first kappa shape index (κ1) is 23.7. The molecule has 0 fully saturated rings. The van der Waals surface area contributed by atoms with E-state index in [1.165, 1.54) is 10.4 Å². The Labute approximate surface area is 184 Å². The van der Waals surface area contributed by atoms with E-state index in [-0.39, 0.29) is 24.0 Å². The second kappa shape index (κ2) is 12.2. The molecule has 1 aromatic heterocycles. The highest BCUT2D eigenvalue weighted by atomic mass is 127. The Morgan fingerprint density at radius 2 is 1.89 bits per heavy atom. The van der Waals surface area contributed by atoms with Gasteiger partial charge in [-0.3, -0.25) is 4.99 Å². The number of likely N-dealkylation sites (N-methyl/N-ethyl adjacent to an activating group) is 1. The van der Waals surface area contributed by atoms with Crippen molar-refractivity contribution >= 4 is 41.3 Å². The molecule has 150 valence electrons. The van der Waals surface area contributed by atoms with Crippen molar-refractivity contribution in [3.05, 3.63) is 52.2 Å².